The van der Waals surface area contributed by atoms with Crippen LogP contribution in [0.4, 0.5) is 5.69 Å². The highest BCUT2D eigenvalue weighted by molar-refractivity contribution is 7.99. The number of amides is 1. The number of halogens is 1. The smallest absolute Gasteiger partial charge is 0.238 e. The molecule has 33 heavy (non-hydrogen) atoms. The van der Waals surface area contributed by atoms with Gasteiger partial charge in [0.25, 0.3) is 0 Å². The second-order valence-corrected chi connectivity index (χ2v) is 10.9. The SMILES string of the molecule is CCSc1ccccc1Oc1cc(Cl)ccc1[C@H]1CC(=O)N(c2ccc(S(N)(=O)=O)cc2)C1. The Bertz CT molecular complexity index is 1280. The number of sulfonamides is 1. The Morgan fingerprint density at radius 1 is 1.09 bits per heavy atom. The molecule has 0 radical (unpaired) electrons. The summed E-state index contributed by atoms with van der Waals surface area (Å²) in [6.45, 7) is 2.53. The van der Waals surface area contributed by atoms with Gasteiger partial charge < -0.3 is 9.64 Å². The zero-order valence-corrected chi connectivity index (χ0v) is 20.3. The van der Waals surface area contributed by atoms with Crippen molar-refractivity contribution in [3.05, 3.63) is 77.3 Å². The zero-order chi connectivity index (χ0) is 23.6. The Morgan fingerprint density at radius 3 is 2.52 bits per heavy atom. The van der Waals surface area contributed by atoms with E-state index in [4.69, 9.17) is 21.5 Å². The van der Waals surface area contributed by atoms with Gasteiger partial charge in [0.1, 0.15) is 11.5 Å². The lowest BCUT2D eigenvalue weighted by Gasteiger charge is -2.19. The van der Waals surface area contributed by atoms with Gasteiger partial charge in [0.2, 0.25) is 15.9 Å². The molecule has 3 aromatic carbocycles. The summed E-state index contributed by atoms with van der Waals surface area (Å²) in [6.07, 6.45) is 0.306. The number of anilines is 1. The van der Waals surface area contributed by atoms with Crippen molar-refractivity contribution in [2.75, 3.05) is 17.2 Å². The topological polar surface area (TPSA) is 89.7 Å². The van der Waals surface area contributed by atoms with Crippen LogP contribution in [0.5, 0.6) is 11.5 Å². The van der Waals surface area contributed by atoms with Crippen LogP contribution in [-0.4, -0.2) is 26.6 Å². The monoisotopic (exact) mass is 502 g/mol. The number of ether oxygens (including phenoxy) is 1. The van der Waals surface area contributed by atoms with E-state index in [0.717, 1.165) is 22.0 Å². The summed E-state index contributed by atoms with van der Waals surface area (Å²) < 4.78 is 29.3. The summed E-state index contributed by atoms with van der Waals surface area (Å²) in [5, 5.41) is 5.72. The fourth-order valence-electron chi connectivity index (χ4n) is 3.84. The molecule has 1 heterocycles. The number of thioether (sulfide) groups is 1. The summed E-state index contributed by atoms with van der Waals surface area (Å²) in [5.74, 6) is 2.13. The first kappa shape index (κ1) is 23.6. The van der Waals surface area contributed by atoms with E-state index in [-0.39, 0.29) is 16.7 Å². The van der Waals surface area contributed by atoms with Crippen LogP contribution in [0.1, 0.15) is 24.8 Å². The van der Waals surface area contributed by atoms with Crippen molar-refractivity contribution >= 4 is 45.0 Å². The molecule has 1 fully saturated rings. The molecule has 0 aliphatic carbocycles. The Labute approximate surface area is 202 Å². The van der Waals surface area contributed by atoms with Crippen LogP contribution in [0.2, 0.25) is 5.02 Å². The molecule has 2 N–H and O–H groups in total. The molecule has 1 saturated heterocycles. The predicted molar refractivity (Wildman–Crippen MR) is 132 cm³/mol. The third-order valence-electron chi connectivity index (χ3n) is 5.39. The van der Waals surface area contributed by atoms with E-state index in [1.165, 1.54) is 12.1 Å². The maximum Gasteiger partial charge on any atom is 0.238 e. The predicted octanol–water partition coefficient (Wildman–Crippen LogP) is 5.41. The van der Waals surface area contributed by atoms with E-state index in [9.17, 15) is 13.2 Å². The zero-order valence-electron chi connectivity index (χ0n) is 17.9. The molecule has 3 aromatic rings. The molecule has 1 atom stereocenters. The molecule has 1 aliphatic heterocycles. The minimum Gasteiger partial charge on any atom is -0.456 e. The Hall–Kier alpha value is -2.52. The molecule has 6 nitrogen and oxygen atoms in total. The first-order valence-electron chi connectivity index (χ1n) is 10.4. The van der Waals surface area contributed by atoms with Crippen molar-refractivity contribution in [3.8, 4) is 11.5 Å². The van der Waals surface area contributed by atoms with Crippen LogP contribution in [-0.2, 0) is 14.8 Å². The van der Waals surface area contributed by atoms with E-state index in [2.05, 4.69) is 6.92 Å². The average Bonchev–Trinajstić information content (AvgIpc) is 3.16. The third-order valence-corrected chi connectivity index (χ3v) is 7.49. The van der Waals surface area contributed by atoms with Gasteiger partial charge in [-0.1, -0.05) is 36.7 Å². The number of primary sulfonamides is 1. The summed E-state index contributed by atoms with van der Waals surface area (Å²) in [4.78, 5) is 15.5. The number of benzene rings is 3. The van der Waals surface area contributed by atoms with Crippen molar-refractivity contribution in [3.63, 3.8) is 0 Å². The maximum atomic E-state index is 12.8. The van der Waals surface area contributed by atoms with Crippen molar-refractivity contribution in [1.82, 2.24) is 0 Å². The number of carbonyl (C=O) groups excluding carboxylic acids is 1. The van der Waals surface area contributed by atoms with Crippen LogP contribution in [0.3, 0.4) is 0 Å². The van der Waals surface area contributed by atoms with Gasteiger partial charge in [0.15, 0.2) is 0 Å². The summed E-state index contributed by atoms with van der Waals surface area (Å²) in [6, 6.07) is 19.3. The first-order chi connectivity index (χ1) is 15.8. The number of hydrogen-bond donors (Lipinski definition) is 1. The highest BCUT2D eigenvalue weighted by Crippen LogP contribution is 2.41. The van der Waals surface area contributed by atoms with Gasteiger partial charge in [0.05, 0.1) is 9.79 Å². The second-order valence-electron chi connectivity index (χ2n) is 7.61. The van der Waals surface area contributed by atoms with Gasteiger partial charge in [-0.2, -0.15) is 0 Å². The summed E-state index contributed by atoms with van der Waals surface area (Å²) in [5.41, 5.74) is 1.52. The normalized spacial score (nSPS) is 16.3. The van der Waals surface area contributed by atoms with Gasteiger partial charge >= 0.3 is 0 Å². The lowest BCUT2D eigenvalue weighted by atomic mass is 9.97. The number of nitrogens with two attached hydrogens (primary N) is 1. The lowest BCUT2D eigenvalue weighted by molar-refractivity contribution is -0.117. The van der Waals surface area contributed by atoms with Crippen molar-refractivity contribution < 1.29 is 17.9 Å². The molecular formula is C24H23ClN2O4S2. The van der Waals surface area contributed by atoms with Gasteiger partial charge in [-0.05, 0) is 54.3 Å². The van der Waals surface area contributed by atoms with Crippen LogP contribution < -0.4 is 14.8 Å². The second kappa shape index (κ2) is 9.77. The minimum atomic E-state index is -3.79. The molecule has 9 heteroatoms. The van der Waals surface area contributed by atoms with E-state index in [1.807, 2.05) is 30.3 Å². The average molecular weight is 503 g/mol. The van der Waals surface area contributed by atoms with Gasteiger partial charge in [-0.15, -0.1) is 11.8 Å². The number of nitrogens with zero attached hydrogens (tertiary/aromatic N) is 1. The third kappa shape index (κ3) is 5.35. The number of carbonyl (C=O) groups is 1. The van der Waals surface area contributed by atoms with Gasteiger partial charge in [-0.25, -0.2) is 13.6 Å². The van der Waals surface area contributed by atoms with E-state index >= 15 is 0 Å². The maximum absolute atomic E-state index is 12.8. The number of para-hydroxylation sites is 1. The van der Waals surface area contributed by atoms with E-state index < -0.39 is 10.0 Å². The minimum absolute atomic E-state index is 0.00597. The van der Waals surface area contributed by atoms with Gasteiger partial charge in [0, 0.05) is 35.2 Å². The molecule has 4 rings (SSSR count). The molecule has 1 amide bonds. The molecule has 0 unspecified atom stereocenters. The van der Waals surface area contributed by atoms with Crippen molar-refractivity contribution in [2.45, 2.75) is 29.1 Å². The number of rotatable bonds is 7. The largest absolute Gasteiger partial charge is 0.456 e. The number of hydrogen-bond acceptors (Lipinski definition) is 5. The van der Waals surface area contributed by atoms with Crippen molar-refractivity contribution in [2.24, 2.45) is 5.14 Å². The Balaban J connectivity index is 1.61. The van der Waals surface area contributed by atoms with Crippen LogP contribution in [0.15, 0.2) is 76.5 Å². The van der Waals surface area contributed by atoms with Crippen molar-refractivity contribution in [1.29, 1.82) is 0 Å². The van der Waals surface area contributed by atoms with Crippen LogP contribution in [0, 0.1) is 0 Å². The summed E-state index contributed by atoms with van der Waals surface area (Å²) in [7, 11) is -3.79. The standard InChI is InChI=1S/C24H23ClN2O4S2/c1-2-32-23-6-4-3-5-21(23)31-22-14-17(25)7-12-20(22)16-13-24(28)27(15-16)18-8-10-19(11-9-18)33(26,29)30/h3-12,14,16H,2,13,15H2,1H3,(H2,26,29,30)/t16-/m0/s1. The quantitative estimate of drug-likeness (QED) is 0.436. The molecule has 0 aromatic heterocycles. The fourth-order valence-corrected chi connectivity index (χ4v) is 5.26. The molecule has 0 saturated carbocycles. The van der Waals surface area contributed by atoms with Crippen LogP contribution in [0.25, 0.3) is 0 Å². The Morgan fingerprint density at radius 2 is 1.82 bits per heavy atom. The highest BCUT2D eigenvalue weighted by atomic mass is 35.5. The first-order valence-corrected chi connectivity index (χ1v) is 13.3. The molecule has 0 bridgehead atoms. The lowest BCUT2D eigenvalue weighted by Crippen LogP contribution is -2.24. The molecular weight excluding hydrogens is 480 g/mol. The molecule has 1 aliphatic rings. The highest BCUT2D eigenvalue weighted by Gasteiger charge is 2.33. The fraction of sp³-hybridized carbons (Fsp3) is 0.208. The summed E-state index contributed by atoms with van der Waals surface area (Å²) >= 11 is 7.97. The van der Waals surface area contributed by atoms with E-state index in [1.54, 1.807) is 40.9 Å². The van der Waals surface area contributed by atoms with E-state index in [0.29, 0.717) is 29.4 Å². The molecule has 172 valence electrons. The van der Waals surface area contributed by atoms with Crippen LogP contribution >= 0.6 is 23.4 Å². The van der Waals surface area contributed by atoms with Gasteiger partial charge in [-0.3, -0.25) is 4.79 Å². The Kier molecular flexibility index (Phi) is 6.99. The molecule has 0 spiro atoms.